The molecule has 1 heterocycles. The van der Waals surface area contributed by atoms with Gasteiger partial charge in [0.1, 0.15) is 0 Å². The summed E-state index contributed by atoms with van der Waals surface area (Å²) in [5, 5.41) is 3.44. The number of nitrogens with one attached hydrogen (secondary N) is 1. The van der Waals surface area contributed by atoms with Gasteiger partial charge in [0.15, 0.2) is 0 Å². The lowest BCUT2D eigenvalue weighted by Gasteiger charge is -2.39. The Bertz CT molecular complexity index is 351. The summed E-state index contributed by atoms with van der Waals surface area (Å²) < 4.78 is 11.9. The highest BCUT2D eigenvalue weighted by Crippen LogP contribution is 2.66. The van der Waals surface area contributed by atoms with Crippen LogP contribution >= 0.6 is 0 Å². The van der Waals surface area contributed by atoms with Gasteiger partial charge in [-0.05, 0) is 49.5 Å². The first kappa shape index (κ1) is 14.8. The van der Waals surface area contributed by atoms with Crippen LogP contribution in [0.5, 0.6) is 0 Å². The quantitative estimate of drug-likeness (QED) is 0.840. The first-order chi connectivity index (χ1) is 9.49. The first-order valence-electron chi connectivity index (χ1n) is 8.35. The fourth-order valence-corrected chi connectivity index (χ4v) is 4.93. The molecule has 2 saturated carbocycles. The molecule has 2 aliphatic carbocycles. The molecule has 3 heteroatoms. The van der Waals surface area contributed by atoms with Gasteiger partial charge in [-0.1, -0.05) is 20.8 Å². The number of hydrogen-bond donors (Lipinski definition) is 1. The summed E-state index contributed by atoms with van der Waals surface area (Å²) in [7, 11) is 2.05. The molecule has 0 aromatic heterocycles. The lowest BCUT2D eigenvalue weighted by atomic mass is 9.70. The van der Waals surface area contributed by atoms with Crippen molar-refractivity contribution < 1.29 is 9.47 Å². The van der Waals surface area contributed by atoms with E-state index in [0.717, 1.165) is 25.7 Å². The predicted molar refractivity (Wildman–Crippen MR) is 80.7 cm³/mol. The molecule has 3 rings (SSSR count). The Morgan fingerprint density at radius 2 is 2.10 bits per heavy atom. The highest BCUT2D eigenvalue weighted by atomic mass is 16.5. The maximum Gasteiger partial charge on any atom is 0.0637 e. The molecule has 5 unspecified atom stereocenters. The van der Waals surface area contributed by atoms with E-state index >= 15 is 0 Å². The lowest BCUT2D eigenvalue weighted by Crippen LogP contribution is -2.43. The van der Waals surface area contributed by atoms with E-state index in [1.807, 2.05) is 0 Å². The topological polar surface area (TPSA) is 30.5 Å². The third-order valence-electron chi connectivity index (χ3n) is 7.10. The fourth-order valence-electron chi connectivity index (χ4n) is 4.93. The number of likely N-dealkylation sites (N-methyl/N-ethyl adjacent to an activating group) is 1. The summed E-state index contributed by atoms with van der Waals surface area (Å²) >= 11 is 0. The molecule has 1 saturated heterocycles. The molecule has 0 amide bonds. The Hall–Kier alpha value is -0.120. The van der Waals surface area contributed by atoms with Crippen molar-refractivity contribution in [1.82, 2.24) is 5.32 Å². The van der Waals surface area contributed by atoms with E-state index in [-0.39, 0.29) is 0 Å². The zero-order chi connectivity index (χ0) is 14.4. The standard InChI is InChI=1S/C17H31NO2/c1-16(2)13-5-7-17(16,3)15(9-13)20-11-14(18-4)12-6-8-19-10-12/h12-15,18H,5-11H2,1-4H3. The minimum atomic E-state index is 0.377. The highest BCUT2D eigenvalue weighted by Gasteiger charge is 2.61. The predicted octanol–water partition coefficient (Wildman–Crippen LogP) is 2.84. The molecular weight excluding hydrogens is 250 g/mol. The van der Waals surface area contributed by atoms with E-state index in [4.69, 9.17) is 9.47 Å². The second-order valence-corrected chi connectivity index (χ2v) is 7.95. The van der Waals surface area contributed by atoms with E-state index in [1.54, 1.807) is 0 Å². The van der Waals surface area contributed by atoms with Crippen molar-refractivity contribution >= 4 is 0 Å². The van der Waals surface area contributed by atoms with Crippen molar-refractivity contribution in [2.24, 2.45) is 22.7 Å². The first-order valence-corrected chi connectivity index (χ1v) is 8.35. The summed E-state index contributed by atoms with van der Waals surface area (Å²) in [5.74, 6) is 1.49. The third kappa shape index (κ3) is 2.13. The van der Waals surface area contributed by atoms with Crippen molar-refractivity contribution in [2.75, 3.05) is 26.9 Å². The Labute approximate surface area is 123 Å². The van der Waals surface area contributed by atoms with Crippen LogP contribution in [-0.4, -0.2) is 39.0 Å². The molecule has 5 atom stereocenters. The third-order valence-corrected chi connectivity index (χ3v) is 7.10. The summed E-state index contributed by atoms with van der Waals surface area (Å²) in [4.78, 5) is 0. The van der Waals surface area contributed by atoms with Crippen LogP contribution in [0.15, 0.2) is 0 Å². The zero-order valence-corrected chi connectivity index (χ0v) is 13.6. The molecule has 116 valence electrons. The Morgan fingerprint density at radius 3 is 2.60 bits per heavy atom. The Balaban J connectivity index is 1.59. The van der Waals surface area contributed by atoms with E-state index in [9.17, 15) is 0 Å². The zero-order valence-electron chi connectivity index (χ0n) is 13.6. The van der Waals surface area contributed by atoms with Crippen LogP contribution in [0.25, 0.3) is 0 Å². The van der Waals surface area contributed by atoms with Crippen molar-refractivity contribution in [2.45, 2.75) is 58.6 Å². The van der Waals surface area contributed by atoms with Crippen molar-refractivity contribution in [3.63, 3.8) is 0 Å². The molecule has 3 aliphatic rings. The number of fused-ring (bicyclic) bond motifs is 2. The molecule has 0 spiro atoms. The van der Waals surface area contributed by atoms with E-state index in [2.05, 4.69) is 33.1 Å². The Kier molecular flexibility index (Phi) is 3.89. The minimum absolute atomic E-state index is 0.377. The largest absolute Gasteiger partial charge is 0.381 e. The van der Waals surface area contributed by atoms with Gasteiger partial charge in [-0.3, -0.25) is 0 Å². The van der Waals surface area contributed by atoms with Gasteiger partial charge in [-0.15, -0.1) is 0 Å². The molecule has 1 aliphatic heterocycles. The summed E-state index contributed by atoms with van der Waals surface area (Å²) in [6.45, 7) is 10.0. The second kappa shape index (κ2) is 5.26. The number of rotatable bonds is 5. The van der Waals surface area contributed by atoms with E-state index < -0.39 is 0 Å². The van der Waals surface area contributed by atoms with Crippen LogP contribution < -0.4 is 5.32 Å². The normalized spacial score (nSPS) is 44.1. The van der Waals surface area contributed by atoms with Crippen molar-refractivity contribution in [3.05, 3.63) is 0 Å². The van der Waals surface area contributed by atoms with Crippen LogP contribution in [0.4, 0.5) is 0 Å². The molecular formula is C17H31NO2. The number of hydrogen-bond acceptors (Lipinski definition) is 3. The van der Waals surface area contributed by atoms with Gasteiger partial charge in [0, 0.05) is 18.6 Å². The maximum absolute atomic E-state index is 6.42. The Morgan fingerprint density at radius 1 is 1.30 bits per heavy atom. The average Bonchev–Trinajstić information content (AvgIpc) is 3.05. The SMILES string of the molecule is CNC(COC1CC2CCC1(C)C2(C)C)C1CCOC1. The van der Waals surface area contributed by atoms with Gasteiger partial charge in [0.05, 0.1) is 19.3 Å². The van der Waals surface area contributed by atoms with Crippen molar-refractivity contribution in [1.29, 1.82) is 0 Å². The lowest BCUT2D eigenvalue weighted by molar-refractivity contribution is -0.0576. The molecule has 3 fully saturated rings. The van der Waals surface area contributed by atoms with Gasteiger partial charge in [0.25, 0.3) is 0 Å². The smallest absolute Gasteiger partial charge is 0.0637 e. The molecule has 3 nitrogen and oxygen atoms in total. The van der Waals surface area contributed by atoms with Crippen LogP contribution in [0.2, 0.25) is 0 Å². The van der Waals surface area contributed by atoms with Gasteiger partial charge in [-0.25, -0.2) is 0 Å². The molecule has 0 aromatic carbocycles. The van der Waals surface area contributed by atoms with Gasteiger partial charge >= 0.3 is 0 Å². The van der Waals surface area contributed by atoms with Crippen LogP contribution in [0.1, 0.15) is 46.5 Å². The molecule has 20 heavy (non-hydrogen) atoms. The van der Waals surface area contributed by atoms with Crippen LogP contribution in [-0.2, 0) is 9.47 Å². The van der Waals surface area contributed by atoms with Crippen LogP contribution in [0, 0.1) is 22.7 Å². The molecule has 0 radical (unpaired) electrons. The van der Waals surface area contributed by atoms with Gasteiger partial charge in [-0.2, -0.15) is 0 Å². The summed E-state index contributed by atoms with van der Waals surface area (Å²) in [5.41, 5.74) is 0.825. The molecule has 1 N–H and O–H groups in total. The minimum Gasteiger partial charge on any atom is -0.381 e. The molecule has 2 bridgehead atoms. The van der Waals surface area contributed by atoms with E-state index in [0.29, 0.717) is 28.9 Å². The monoisotopic (exact) mass is 281 g/mol. The summed E-state index contributed by atoms with van der Waals surface area (Å²) in [6, 6.07) is 0.448. The van der Waals surface area contributed by atoms with E-state index in [1.165, 1.54) is 25.7 Å². The maximum atomic E-state index is 6.42. The van der Waals surface area contributed by atoms with Gasteiger partial charge in [0.2, 0.25) is 0 Å². The molecule has 0 aromatic rings. The summed E-state index contributed by atoms with van der Waals surface area (Å²) in [6.07, 6.45) is 5.63. The van der Waals surface area contributed by atoms with Crippen LogP contribution in [0.3, 0.4) is 0 Å². The highest BCUT2D eigenvalue weighted by molar-refractivity contribution is 5.11. The van der Waals surface area contributed by atoms with Crippen molar-refractivity contribution in [3.8, 4) is 0 Å². The average molecular weight is 281 g/mol. The number of ether oxygens (including phenoxy) is 2. The fraction of sp³-hybridized carbons (Fsp3) is 1.00. The second-order valence-electron chi connectivity index (χ2n) is 7.95. The van der Waals surface area contributed by atoms with Gasteiger partial charge < -0.3 is 14.8 Å².